The number of phenols is 1. The average molecular weight is 562 g/mol. The van der Waals surface area contributed by atoms with Crippen LogP contribution in [0.2, 0.25) is 0 Å². The van der Waals surface area contributed by atoms with Crippen LogP contribution in [0.3, 0.4) is 0 Å². The number of halogens is 10. The third-order valence-corrected chi connectivity index (χ3v) is 3.53. The Kier molecular flexibility index (Phi) is 15.4. The predicted molar refractivity (Wildman–Crippen MR) is 110 cm³/mol. The number of hydrogen-bond donors (Lipinski definition) is 2. The molecule has 0 saturated carbocycles. The van der Waals surface area contributed by atoms with Crippen molar-refractivity contribution in [2.75, 3.05) is 0 Å². The smallest absolute Gasteiger partial charge is 0.312 e. The van der Waals surface area contributed by atoms with Crippen molar-refractivity contribution in [2.24, 2.45) is 0 Å². The number of aromatic hydroxyl groups is 1. The number of hydrogen-bond acceptors (Lipinski definition) is 4. The first kappa shape index (κ1) is 35.8. The third-order valence-electron chi connectivity index (χ3n) is 3.53. The molecule has 208 valence electrons. The van der Waals surface area contributed by atoms with E-state index in [0.29, 0.717) is 6.42 Å². The Balaban J connectivity index is 0. The van der Waals surface area contributed by atoms with E-state index in [9.17, 15) is 53.5 Å². The lowest BCUT2D eigenvalue weighted by Gasteiger charge is -2.08. The number of carboxylic acid groups (broad SMARTS) is 1. The molecule has 0 aliphatic carbocycles. The first-order chi connectivity index (χ1) is 17.1. The molecular weight excluding hydrogens is 546 g/mol. The fourth-order valence-electron chi connectivity index (χ4n) is 1.79. The Hall–Kier alpha value is -4.40. The van der Waals surface area contributed by atoms with Crippen LogP contribution < -0.4 is 4.74 Å². The minimum atomic E-state index is -2.33. The standard InChI is InChI=1S/C11H5F5O2.C6HF5O.C5H6O2.CH4/c1-2-3-4-5(17)18-11-9(15)7(13)6(12)8(14)10(11)16;7-1-2(8)4(10)6(12)5(11)3(1)9;1-2-3-4-5(6)7;/h1H,3-4H2;12H;1H,3-4H2,(H,6,7);1H4. The summed E-state index contributed by atoms with van der Waals surface area (Å²) in [5.41, 5.74) is 0. The molecule has 38 heavy (non-hydrogen) atoms. The molecule has 0 aromatic heterocycles. The number of carbonyl (C=O) groups is 2. The zero-order valence-electron chi connectivity index (χ0n) is 17.9. The number of carbonyl (C=O) groups excluding carboxylic acids is 1. The molecular formula is C23H16F10O5. The highest BCUT2D eigenvalue weighted by molar-refractivity contribution is 5.72. The summed E-state index contributed by atoms with van der Waals surface area (Å²) in [7, 11) is 0. The van der Waals surface area contributed by atoms with Crippen LogP contribution in [0.4, 0.5) is 43.9 Å². The molecule has 15 heteroatoms. The quantitative estimate of drug-likeness (QED) is 0.118. The third kappa shape index (κ3) is 9.57. The lowest BCUT2D eigenvalue weighted by Crippen LogP contribution is -2.13. The van der Waals surface area contributed by atoms with Gasteiger partial charge in [0.05, 0.1) is 12.8 Å². The highest BCUT2D eigenvalue weighted by Gasteiger charge is 2.28. The van der Waals surface area contributed by atoms with Crippen molar-refractivity contribution in [1.29, 1.82) is 0 Å². The first-order valence-corrected chi connectivity index (χ1v) is 9.15. The SMILES string of the molecule is C.C#CCCC(=O)O.C#CCCC(=O)Oc1c(F)c(F)c(F)c(F)c1F.Oc1c(F)c(F)c(F)c(F)c1F. The van der Waals surface area contributed by atoms with Gasteiger partial charge < -0.3 is 14.9 Å². The molecule has 0 fully saturated rings. The highest BCUT2D eigenvalue weighted by Crippen LogP contribution is 2.29. The van der Waals surface area contributed by atoms with Crippen LogP contribution in [0.25, 0.3) is 0 Å². The Morgan fingerprint density at radius 2 is 0.947 bits per heavy atom. The van der Waals surface area contributed by atoms with Crippen LogP contribution in [0, 0.1) is 82.9 Å². The van der Waals surface area contributed by atoms with Crippen molar-refractivity contribution in [3.05, 3.63) is 58.2 Å². The number of terminal acetylenes is 2. The molecule has 0 unspecified atom stereocenters. The summed E-state index contributed by atoms with van der Waals surface area (Å²) in [6, 6.07) is 0. The number of ether oxygens (including phenoxy) is 1. The Morgan fingerprint density at radius 1 is 0.632 bits per heavy atom. The van der Waals surface area contributed by atoms with Crippen LogP contribution in [0.5, 0.6) is 11.5 Å². The van der Waals surface area contributed by atoms with Gasteiger partial charge in [-0.2, -0.15) is 17.6 Å². The largest absolute Gasteiger partial charge is 0.503 e. The van der Waals surface area contributed by atoms with Crippen LogP contribution >= 0.6 is 0 Å². The molecule has 2 N–H and O–H groups in total. The van der Waals surface area contributed by atoms with Gasteiger partial charge >= 0.3 is 11.9 Å². The lowest BCUT2D eigenvalue weighted by molar-refractivity contribution is -0.137. The molecule has 0 spiro atoms. The molecule has 0 aliphatic rings. The first-order valence-electron chi connectivity index (χ1n) is 9.15. The maximum atomic E-state index is 13.0. The molecule has 0 amide bonds. The van der Waals surface area contributed by atoms with Gasteiger partial charge in [0.25, 0.3) is 0 Å². The second-order valence-electron chi connectivity index (χ2n) is 6.09. The van der Waals surface area contributed by atoms with Gasteiger partial charge in [0.2, 0.25) is 63.9 Å². The van der Waals surface area contributed by atoms with Gasteiger partial charge in [-0.05, 0) is 0 Å². The van der Waals surface area contributed by atoms with E-state index in [-0.39, 0.29) is 20.3 Å². The van der Waals surface area contributed by atoms with Gasteiger partial charge in [-0.1, -0.05) is 7.43 Å². The van der Waals surface area contributed by atoms with E-state index in [0.717, 1.165) is 0 Å². The minimum absolute atomic E-state index is 0. The normalized spacial score (nSPS) is 9.37. The summed E-state index contributed by atoms with van der Waals surface area (Å²) in [5.74, 6) is -23.5. The molecule has 2 rings (SSSR count). The molecule has 2 aromatic carbocycles. The minimum Gasteiger partial charge on any atom is -0.503 e. The second kappa shape index (κ2) is 16.4. The van der Waals surface area contributed by atoms with Gasteiger partial charge in [-0.3, -0.25) is 9.59 Å². The van der Waals surface area contributed by atoms with Crippen molar-refractivity contribution in [2.45, 2.75) is 33.1 Å². The van der Waals surface area contributed by atoms with Crippen LogP contribution in [0.1, 0.15) is 33.1 Å². The van der Waals surface area contributed by atoms with Gasteiger partial charge in [0, 0.05) is 12.8 Å². The summed E-state index contributed by atoms with van der Waals surface area (Å²) >= 11 is 0. The summed E-state index contributed by atoms with van der Waals surface area (Å²) in [5, 5.41) is 16.2. The molecule has 5 nitrogen and oxygen atoms in total. The fraction of sp³-hybridized carbons (Fsp3) is 0.217. The zero-order chi connectivity index (χ0) is 29.0. The van der Waals surface area contributed by atoms with E-state index in [1.165, 1.54) is 0 Å². The lowest BCUT2D eigenvalue weighted by atomic mass is 10.2. The molecule has 0 bridgehead atoms. The maximum Gasteiger partial charge on any atom is 0.312 e. The summed E-state index contributed by atoms with van der Waals surface area (Å²) < 4.78 is 129. The number of carboxylic acids is 1. The average Bonchev–Trinajstić information content (AvgIpc) is 2.88. The number of esters is 1. The van der Waals surface area contributed by atoms with E-state index in [2.05, 4.69) is 10.7 Å². The molecule has 0 atom stereocenters. The highest BCUT2D eigenvalue weighted by atomic mass is 19.2. The van der Waals surface area contributed by atoms with Crippen molar-refractivity contribution in [1.82, 2.24) is 0 Å². The van der Waals surface area contributed by atoms with E-state index < -0.39 is 88.0 Å². The molecule has 2 aromatic rings. The van der Waals surface area contributed by atoms with Crippen LogP contribution in [-0.2, 0) is 9.59 Å². The van der Waals surface area contributed by atoms with E-state index in [1.54, 1.807) is 0 Å². The fourth-order valence-corrected chi connectivity index (χ4v) is 1.79. The van der Waals surface area contributed by atoms with Crippen molar-refractivity contribution < 1.29 is 68.4 Å². The second-order valence-corrected chi connectivity index (χ2v) is 6.09. The van der Waals surface area contributed by atoms with Gasteiger partial charge in [0.15, 0.2) is 5.75 Å². The number of phenolic OH excluding ortho intramolecular Hbond substituents is 1. The topological polar surface area (TPSA) is 83.8 Å². The molecule has 0 radical (unpaired) electrons. The van der Waals surface area contributed by atoms with Crippen LogP contribution in [0.15, 0.2) is 0 Å². The summed E-state index contributed by atoms with van der Waals surface area (Å²) in [6.45, 7) is 0. The number of aliphatic carboxylic acids is 1. The van der Waals surface area contributed by atoms with Crippen molar-refractivity contribution in [3.63, 3.8) is 0 Å². The number of benzene rings is 2. The van der Waals surface area contributed by atoms with E-state index in [1.807, 2.05) is 5.92 Å². The maximum absolute atomic E-state index is 13.0. The van der Waals surface area contributed by atoms with Crippen molar-refractivity contribution in [3.8, 4) is 36.2 Å². The Bertz CT molecular complexity index is 1120. The number of rotatable bonds is 5. The van der Waals surface area contributed by atoms with Crippen LogP contribution in [-0.4, -0.2) is 22.2 Å². The zero-order valence-corrected chi connectivity index (χ0v) is 17.9. The Labute approximate surface area is 208 Å². The predicted octanol–water partition coefficient (Wildman–Crippen LogP) is 5.91. The van der Waals surface area contributed by atoms with Gasteiger partial charge in [-0.15, -0.1) is 24.7 Å². The van der Waals surface area contributed by atoms with Gasteiger partial charge in [-0.25, -0.2) is 26.3 Å². The van der Waals surface area contributed by atoms with Crippen molar-refractivity contribution >= 4 is 11.9 Å². The van der Waals surface area contributed by atoms with E-state index >= 15 is 0 Å². The van der Waals surface area contributed by atoms with Gasteiger partial charge in [0.1, 0.15) is 0 Å². The summed E-state index contributed by atoms with van der Waals surface area (Å²) in [6.07, 6.45) is 9.50. The van der Waals surface area contributed by atoms with E-state index in [4.69, 9.17) is 23.1 Å². The summed E-state index contributed by atoms with van der Waals surface area (Å²) in [4.78, 5) is 20.7. The monoisotopic (exact) mass is 562 g/mol. The molecule has 0 heterocycles. The Morgan fingerprint density at radius 3 is 1.26 bits per heavy atom. The molecule has 0 aliphatic heterocycles. The molecule has 0 saturated heterocycles.